The topological polar surface area (TPSA) is 112 Å². The molecule has 8 nitrogen and oxygen atoms in total. The molecular weight excluding hydrogens is 310 g/mol. The van der Waals surface area contributed by atoms with Gasteiger partial charge in [-0.2, -0.15) is 5.06 Å². The Balaban J connectivity index is 1.97. The van der Waals surface area contributed by atoms with Gasteiger partial charge < -0.3 is 31.6 Å². The SMILES string of the molecule is NC1(C(=O)OCc2ccccc2)CNCCNCCNCCN1O. The summed E-state index contributed by atoms with van der Waals surface area (Å²) in [5.74, 6) is -0.661. The molecule has 1 aromatic carbocycles. The molecular formula is C16H27N5O3. The highest BCUT2D eigenvalue weighted by Gasteiger charge is 2.41. The highest BCUT2D eigenvalue weighted by molar-refractivity contribution is 5.80. The number of nitrogens with two attached hydrogens (primary N) is 1. The number of ether oxygens (including phenoxy) is 1. The Morgan fingerprint density at radius 1 is 1.12 bits per heavy atom. The van der Waals surface area contributed by atoms with Crippen molar-refractivity contribution in [2.45, 2.75) is 12.3 Å². The van der Waals surface area contributed by atoms with Gasteiger partial charge in [0, 0.05) is 45.8 Å². The molecule has 2 rings (SSSR count). The van der Waals surface area contributed by atoms with Gasteiger partial charge in [-0.1, -0.05) is 30.3 Å². The van der Waals surface area contributed by atoms with E-state index in [0.717, 1.165) is 30.3 Å². The van der Waals surface area contributed by atoms with Gasteiger partial charge in [-0.05, 0) is 5.56 Å². The maximum atomic E-state index is 12.5. The smallest absolute Gasteiger partial charge is 0.345 e. The van der Waals surface area contributed by atoms with Crippen LogP contribution in [0.15, 0.2) is 30.3 Å². The lowest BCUT2D eigenvalue weighted by Crippen LogP contribution is -2.67. The van der Waals surface area contributed by atoms with Gasteiger partial charge >= 0.3 is 5.97 Å². The lowest BCUT2D eigenvalue weighted by atomic mass is 10.1. The van der Waals surface area contributed by atoms with Crippen molar-refractivity contribution in [3.8, 4) is 0 Å². The maximum absolute atomic E-state index is 12.5. The molecule has 0 aliphatic carbocycles. The van der Waals surface area contributed by atoms with E-state index in [2.05, 4.69) is 16.0 Å². The Bertz CT molecular complexity index is 502. The van der Waals surface area contributed by atoms with Crippen LogP contribution in [-0.4, -0.2) is 67.7 Å². The van der Waals surface area contributed by atoms with Gasteiger partial charge in [-0.3, -0.25) is 0 Å². The average molecular weight is 337 g/mol. The van der Waals surface area contributed by atoms with E-state index in [4.69, 9.17) is 10.5 Å². The zero-order valence-electron chi connectivity index (χ0n) is 13.8. The second kappa shape index (κ2) is 9.67. The van der Waals surface area contributed by atoms with Crippen molar-refractivity contribution in [3.05, 3.63) is 35.9 Å². The number of nitrogens with zero attached hydrogens (tertiary/aromatic N) is 1. The summed E-state index contributed by atoms with van der Waals surface area (Å²) in [5, 5.41) is 20.7. The van der Waals surface area contributed by atoms with Gasteiger partial charge in [0.15, 0.2) is 0 Å². The fraction of sp³-hybridized carbons (Fsp3) is 0.562. The molecule has 1 atom stereocenters. The van der Waals surface area contributed by atoms with Gasteiger partial charge in [0.05, 0.1) is 0 Å². The van der Waals surface area contributed by atoms with E-state index < -0.39 is 11.6 Å². The molecule has 1 saturated heterocycles. The fourth-order valence-electron chi connectivity index (χ4n) is 2.38. The first-order valence-corrected chi connectivity index (χ1v) is 8.21. The van der Waals surface area contributed by atoms with Crippen LogP contribution in [0.4, 0.5) is 0 Å². The van der Waals surface area contributed by atoms with E-state index in [-0.39, 0.29) is 19.7 Å². The summed E-state index contributed by atoms with van der Waals surface area (Å²) in [6.07, 6.45) is 0. The van der Waals surface area contributed by atoms with Gasteiger partial charge in [-0.15, -0.1) is 0 Å². The number of hydrogen-bond acceptors (Lipinski definition) is 8. The van der Waals surface area contributed by atoms with Gasteiger partial charge in [0.1, 0.15) is 6.61 Å². The normalized spacial score (nSPS) is 24.6. The third kappa shape index (κ3) is 5.52. The second-order valence-electron chi connectivity index (χ2n) is 5.79. The Morgan fingerprint density at radius 2 is 1.75 bits per heavy atom. The Hall–Kier alpha value is -1.55. The zero-order chi connectivity index (χ0) is 17.3. The van der Waals surface area contributed by atoms with Crippen LogP contribution in [0.5, 0.6) is 0 Å². The van der Waals surface area contributed by atoms with E-state index in [1.807, 2.05) is 30.3 Å². The first-order chi connectivity index (χ1) is 11.6. The number of carbonyl (C=O) groups excluding carboxylic acids is 1. The summed E-state index contributed by atoms with van der Waals surface area (Å²) in [6.45, 7) is 3.97. The molecule has 0 radical (unpaired) electrons. The molecule has 1 heterocycles. The molecule has 1 fully saturated rings. The van der Waals surface area contributed by atoms with Crippen LogP contribution in [0.2, 0.25) is 0 Å². The lowest BCUT2D eigenvalue weighted by Gasteiger charge is -2.34. The molecule has 1 aliphatic heterocycles. The molecule has 1 aliphatic rings. The van der Waals surface area contributed by atoms with Crippen LogP contribution in [0.1, 0.15) is 5.56 Å². The third-order valence-electron chi connectivity index (χ3n) is 3.88. The van der Waals surface area contributed by atoms with Gasteiger partial charge in [0.25, 0.3) is 0 Å². The van der Waals surface area contributed by atoms with Crippen LogP contribution in [0.3, 0.4) is 0 Å². The third-order valence-corrected chi connectivity index (χ3v) is 3.88. The number of rotatable bonds is 3. The number of carbonyl (C=O) groups is 1. The minimum Gasteiger partial charge on any atom is -0.458 e. The summed E-state index contributed by atoms with van der Waals surface area (Å²) in [5.41, 5.74) is 5.42. The summed E-state index contributed by atoms with van der Waals surface area (Å²) in [7, 11) is 0. The summed E-state index contributed by atoms with van der Waals surface area (Å²) >= 11 is 0. The van der Waals surface area contributed by atoms with Crippen molar-refractivity contribution in [1.29, 1.82) is 0 Å². The monoisotopic (exact) mass is 337 g/mol. The molecule has 0 aromatic heterocycles. The van der Waals surface area contributed by atoms with Crippen LogP contribution in [-0.2, 0) is 16.1 Å². The Kier molecular flexibility index (Phi) is 7.57. The van der Waals surface area contributed by atoms with E-state index in [9.17, 15) is 10.0 Å². The number of esters is 1. The molecule has 6 N–H and O–H groups in total. The van der Waals surface area contributed by atoms with Crippen molar-refractivity contribution in [3.63, 3.8) is 0 Å². The van der Waals surface area contributed by atoms with Crippen molar-refractivity contribution in [2.75, 3.05) is 45.8 Å². The van der Waals surface area contributed by atoms with Crippen molar-refractivity contribution < 1.29 is 14.7 Å². The average Bonchev–Trinajstić information content (AvgIpc) is 2.60. The predicted octanol–water partition coefficient (Wildman–Crippen LogP) is -1.14. The van der Waals surface area contributed by atoms with Crippen LogP contribution in [0.25, 0.3) is 0 Å². The number of hydrogen-bond donors (Lipinski definition) is 5. The summed E-state index contributed by atoms with van der Waals surface area (Å²) < 4.78 is 5.32. The summed E-state index contributed by atoms with van der Waals surface area (Å²) in [4.78, 5) is 12.5. The number of benzene rings is 1. The Labute approximate surface area is 142 Å². The quantitative estimate of drug-likeness (QED) is 0.440. The van der Waals surface area contributed by atoms with E-state index in [1.165, 1.54) is 0 Å². The second-order valence-corrected chi connectivity index (χ2v) is 5.79. The molecule has 1 aromatic rings. The van der Waals surface area contributed by atoms with Crippen LogP contribution >= 0.6 is 0 Å². The van der Waals surface area contributed by atoms with Crippen molar-refractivity contribution >= 4 is 5.97 Å². The minimum absolute atomic E-state index is 0.0960. The highest BCUT2D eigenvalue weighted by atomic mass is 16.6. The molecule has 0 saturated carbocycles. The summed E-state index contributed by atoms with van der Waals surface area (Å²) in [6, 6.07) is 9.36. The molecule has 134 valence electrons. The van der Waals surface area contributed by atoms with E-state index in [0.29, 0.717) is 13.1 Å². The molecule has 8 heteroatoms. The molecule has 0 amide bonds. The van der Waals surface area contributed by atoms with Crippen molar-refractivity contribution in [2.24, 2.45) is 5.73 Å². The molecule has 24 heavy (non-hydrogen) atoms. The largest absolute Gasteiger partial charge is 0.458 e. The van der Waals surface area contributed by atoms with Crippen LogP contribution in [0, 0.1) is 0 Å². The molecule has 1 unspecified atom stereocenters. The lowest BCUT2D eigenvalue weighted by molar-refractivity contribution is -0.201. The molecule has 0 spiro atoms. The molecule has 0 bridgehead atoms. The highest BCUT2D eigenvalue weighted by Crippen LogP contribution is 2.10. The van der Waals surface area contributed by atoms with Gasteiger partial charge in [-0.25, -0.2) is 4.79 Å². The minimum atomic E-state index is -1.63. The number of nitrogens with one attached hydrogen (secondary N) is 3. The standard InChI is InChI=1S/C16H27N5O3/c17-16(15(22)24-12-14-4-2-1-3-5-14)13-20-9-8-18-6-7-19-10-11-21(16)23/h1-5,18-20,23H,6-13,17H2. The number of hydroxylamine groups is 2. The van der Waals surface area contributed by atoms with Crippen molar-refractivity contribution in [1.82, 2.24) is 21.0 Å². The van der Waals surface area contributed by atoms with E-state index in [1.54, 1.807) is 0 Å². The first-order valence-electron chi connectivity index (χ1n) is 8.21. The maximum Gasteiger partial charge on any atom is 0.345 e. The van der Waals surface area contributed by atoms with Gasteiger partial charge in [0.2, 0.25) is 5.66 Å². The Morgan fingerprint density at radius 3 is 2.46 bits per heavy atom. The van der Waals surface area contributed by atoms with Crippen LogP contribution < -0.4 is 21.7 Å². The zero-order valence-corrected chi connectivity index (χ0v) is 13.8. The predicted molar refractivity (Wildman–Crippen MR) is 90.3 cm³/mol. The fourth-order valence-corrected chi connectivity index (χ4v) is 2.38. The first kappa shape index (κ1) is 18.8. The van der Waals surface area contributed by atoms with E-state index >= 15 is 0 Å².